The van der Waals surface area contributed by atoms with Gasteiger partial charge in [0, 0.05) is 6.20 Å². The number of nitrogens with zero attached hydrogens (tertiary/aromatic N) is 3. The second kappa shape index (κ2) is 5.26. The lowest BCUT2D eigenvalue weighted by Crippen LogP contribution is -2.35. The number of benzene rings is 1. The van der Waals surface area contributed by atoms with Gasteiger partial charge in [-0.05, 0) is 24.6 Å². The first-order valence-corrected chi connectivity index (χ1v) is 7.50. The molecule has 2 aliphatic heterocycles. The number of aryl methyl sites for hydroxylation is 1. The van der Waals surface area contributed by atoms with Crippen molar-refractivity contribution in [2.24, 2.45) is 0 Å². The topological polar surface area (TPSA) is 56.6 Å². The van der Waals surface area contributed by atoms with E-state index in [0.717, 1.165) is 16.9 Å². The smallest absolute Gasteiger partial charge is 0.416 e. The molecule has 0 saturated carbocycles. The summed E-state index contributed by atoms with van der Waals surface area (Å²) in [5.41, 5.74) is 1.97. The normalized spacial score (nSPS) is 19.7. The molecule has 23 heavy (non-hydrogen) atoms. The molecule has 1 atom stereocenters. The molecule has 0 spiro atoms. The minimum Gasteiger partial charge on any atom is -0.491 e. The number of hydrogen-bond donors (Lipinski definition) is 0. The predicted molar refractivity (Wildman–Crippen MR) is 81.5 cm³/mol. The highest BCUT2D eigenvalue weighted by Crippen LogP contribution is 2.35. The van der Waals surface area contributed by atoms with Gasteiger partial charge >= 0.3 is 6.09 Å². The fourth-order valence-electron chi connectivity index (χ4n) is 2.95. The first kappa shape index (κ1) is 14.0. The van der Waals surface area contributed by atoms with Crippen LogP contribution in [0.2, 0.25) is 0 Å². The van der Waals surface area contributed by atoms with Crippen molar-refractivity contribution in [1.29, 1.82) is 0 Å². The number of fused-ring (bicyclic) bond motifs is 3. The van der Waals surface area contributed by atoms with Crippen molar-refractivity contribution in [3.8, 4) is 17.1 Å². The molecular formula is C16H16FN3O3. The van der Waals surface area contributed by atoms with Gasteiger partial charge in [-0.3, -0.25) is 4.90 Å². The lowest BCUT2D eigenvalue weighted by atomic mass is 10.1. The maximum absolute atomic E-state index is 13.1. The average Bonchev–Trinajstić information content (AvgIpc) is 3.06. The van der Waals surface area contributed by atoms with Crippen LogP contribution in [0, 0.1) is 6.92 Å². The van der Waals surface area contributed by atoms with Crippen molar-refractivity contribution < 1.29 is 18.7 Å². The van der Waals surface area contributed by atoms with Gasteiger partial charge in [0.1, 0.15) is 37.5 Å². The van der Waals surface area contributed by atoms with Crippen molar-refractivity contribution in [2.45, 2.75) is 19.5 Å². The van der Waals surface area contributed by atoms with Crippen LogP contribution >= 0.6 is 0 Å². The Morgan fingerprint density at radius 1 is 1.39 bits per heavy atom. The molecule has 4 rings (SSSR count). The summed E-state index contributed by atoms with van der Waals surface area (Å²) in [7, 11) is 0. The Labute approximate surface area is 132 Å². The number of amides is 1. The lowest BCUT2D eigenvalue weighted by molar-refractivity contribution is 0.177. The number of halogens is 1. The van der Waals surface area contributed by atoms with Gasteiger partial charge in [0.15, 0.2) is 5.82 Å². The van der Waals surface area contributed by atoms with Crippen LogP contribution in [0.15, 0.2) is 24.4 Å². The number of hydrogen-bond acceptors (Lipinski definition) is 4. The van der Waals surface area contributed by atoms with Crippen molar-refractivity contribution in [3.63, 3.8) is 0 Å². The number of rotatable bonds is 2. The zero-order valence-corrected chi connectivity index (χ0v) is 12.7. The fourth-order valence-corrected chi connectivity index (χ4v) is 2.95. The molecule has 2 aliphatic rings. The SMILES string of the molecule is Cc1ccc2c(c1)OCCn1cc(N3C(=O)OCC3CF)nc1-2. The van der Waals surface area contributed by atoms with Crippen molar-refractivity contribution >= 4 is 11.9 Å². The Hall–Kier alpha value is -2.57. The summed E-state index contributed by atoms with van der Waals surface area (Å²) in [6.07, 6.45) is 1.20. The number of cyclic esters (lactones) is 1. The molecule has 0 N–H and O–H groups in total. The van der Waals surface area contributed by atoms with Crippen LogP contribution < -0.4 is 9.64 Å². The van der Waals surface area contributed by atoms with E-state index in [1.165, 1.54) is 4.90 Å². The standard InChI is InChI=1S/C16H16FN3O3/c1-10-2-3-12-13(6-10)22-5-4-19-8-14(18-15(12)19)20-11(7-17)9-23-16(20)21/h2-3,6,8,11H,4-5,7,9H2,1H3. The third kappa shape index (κ3) is 2.23. The molecule has 7 heteroatoms. The van der Waals surface area contributed by atoms with Gasteiger partial charge in [-0.25, -0.2) is 14.2 Å². The molecule has 3 heterocycles. The first-order valence-electron chi connectivity index (χ1n) is 7.50. The minimum atomic E-state index is -0.660. The number of imidazole rings is 1. The third-order valence-corrected chi connectivity index (χ3v) is 4.12. The van der Waals surface area contributed by atoms with Gasteiger partial charge in [0.25, 0.3) is 0 Å². The molecule has 6 nitrogen and oxygen atoms in total. The molecule has 1 saturated heterocycles. The van der Waals surface area contributed by atoms with Crippen LogP contribution in [0.1, 0.15) is 5.56 Å². The van der Waals surface area contributed by atoms with E-state index in [9.17, 15) is 9.18 Å². The number of carbonyl (C=O) groups excluding carboxylic acids is 1. The van der Waals surface area contributed by atoms with E-state index < -0.39 is 18.8 Å². The number of carbonyl (C=O) groups is 1. The van der Waals surface area contributed by atoms with Gasteiger partial charge in [-0.2, -0.15) is 0 Å². The van der Waals surface area contributed by atoms with Gasteiger partial charge in [0.2, 0.25) is 0 Å². The monoisotopic (exact) mass is 317 g/mol. The Kier molecular flexibility index (Phi) is 3.21. The Morgan fingerprint density at radius 2 is 2.26 bits per heavy atom. The van der Waals surface area contributed by atoms with Crippen molar-refractivity contribution in [3.05, 3.63) is 30.0 Å². The van der Waals surface area contributed by atoms with Gasteiger partial charge in [0.05, 0.1) is 12.1 Å². The van der Waals surface area contributed by atoms with E-state index in [-0.39, 0.29) is 6.61 Å². The molecule has 0 aliphatic carbocycles. The molecule has 1 fully saturated rings. The van der Waals surface area contributed by atoms with Gasteiger partial charge in [-0.15, -0.1) is 0 Å². The second-order valence-corrected chi connectivity index (χ2v) is 5.72. The predicted octanol–water partition coefficient (Wildman–Crippen LogP) is 2.55. The summed E-state index contributed by atoms with van der Waals surface area (Å²) >= 11 is 0. The van der Waals surface area contributed by atoms with E-state index in [0.29, 0.717) is 24.8 Å². The molecule has 120 valence electrons. The second-order valence-electron chi connectivity index (χ2n) is 5.72. The number of alkyl halides is 1. The molecule has 1 amide bonds. The molecule has 0 radical (unpaired) electrons. The zero-order valence-electron chi connectivity index (χ0n) is 12.7. The van der Waals surface area contributed by atoms with E-state index in [2.05, 4.69) is 4.98 Å². The van der Waals surface area contributed by atoms with Crippen LogP contribution in [0.4, 0.5) is 15.0 Å². The summed E-state index contributed by atoms with van der Waals surface area (Å²) in [4.78, 5) is 17.7. The highest BCUT2D eigenvalue weighted by molar-refractivity contribution is 5.89. The first-order chi connectivity index (χ1) is 11.2. The average molecular weight is 317 g/mol. The molecule has 0 bridgehead atoms. The fraction of sp³-hybridized carbons (Fsp3) is 0.375. The Balaban J connectivity index is 1.80. The summed E-state index contributed by atoms with van der Waals surface area (Å²) in [6, 6.07) is 5.29. The Morgan fingerprint density at radius 3 is 3.09 bits per heavy atom. The summed E-state index contributed by atoms with van der Waals surface area (Å²) in [6.45, 7) is 2.51. The van der Waals surface area contributed by atoms with E-state index >= 15 is 0 Å². The van der Waals surface area contributed by atoms with Crippen LogP contribution in [0.25, 0.3) is 11.4 Å². The van der Waals surface area contributed by atoms with Crippen LogP contribution in [0.3, 0.4) is 0 Å². The number of anilines is 1. The minimum absolute atomic E-state index is 0.0520. The highest BCUT2D eigenvalue weighted by atomic mass is 19.1. The maximum atomic E-state index is 13.1. The molecule has 2 aromatic rings. The van der Waals surface area contributed by atoms with Crippen molar-refractivity contribution in [1.82, 2.24) is 9.55 Å². The largest absolute Gasteiger partial charge is 0.491 e. The van der Waals surface area contributed by atoms with Gasteiger partial charge in [-0.1, -0.05) is 6.07 Å². The molecule has 1 aromatic carbocycles. The van der Waals surface area contributed by atoms with Gasteiger partial charge < -0.3 is 14.0 Å². The van der Waals surface area contributed by atoms with E-state index in [1.807, 2.05) is 29.7 Å². The maximum Gasteiger partial charge on any atom is 0.416 e. The molecular weight excluding hydrogens is 301 g/mol. The number of ether oxygens (including phenoxy) is 2. The highest BCUT2D eigenvalue weighted by Gasteiger charge is 2.36. The Bertz CT molecular complexity index is 774. The summed E-state index contributed by atoms with van der Waals surface area (Å²) in [5, 5.41) is 0. The third-order valence-electron chi connectivity index (χ3n) is 4.12. The van der Waals surface area contributed by atoms with Crippen molar-refractivity contribution in [2.75, 3.05) is 24.8 Å². The molecule has 1 aromatic heterocycles. The van der Waals surface area contributed by atoms with E-state index in [1.54, 1.807) is 6.20 Å². The zero-order chi connectivity index (χ0) is 16.0. The van der Waals surface area contributed by atoms with Crippen LogP contribution in [-0.4, -0.2) is 41.6 Å². The van der Waals surface area contributed by atoms with E-state index in [4.69, 9.17) is 9.47 Å². The van der Waals surface area contributed by atoms with Crippen LogP contribution in [0.5, 0.6) is 5.75 Å². The summed E-state index contributed by atoms with van der Waals surface area (Å²) in [5.74, 6) is 1.90. The number of aromatic nitrogens is 2. The lowest BCUT2D eigenvalue weighted by Gasteiger charge is -2.15. The van der Waals surface area contributed by atoms with Crippen LogP contribution in [-0.2, 0) is 11.3 Å². The summed E-state index contributed by atoms with van der Waals surface area (Å²) < 4.78 is 25.7. The molecule has 1 unspecified atom stereocenters. The quantitative estimate of drug-likeness (QED) is 0.854.